The first-order valence-electron chi connectivity index (χ1n) is 8.33. The zero-order chi connectivity index (χ0) is 20.7. The van der Waals surface area contributed by atoms with E-state index in [0.717, 1.165) is 12.1 Å². The predicted octanol–water partition coefficient (Wildman–Crippen LogP) is 2.89. The second-order valence-corrected chi connectivity index (χ2v) is 6.20. The van der Waals surface area contributed by atoms with Gasteiger partial charge in [-0.05, 0) is 24.3 Å². The molecule has 4 N–H and O–H groups in total. The Kier molecular flexibility index (Phi) is 4.16. The van der Waals surface area contributed by atoms with E-state index in [1.54, 1.807) is 24.3 Å². The van der Waals surface area contributed by atoms with Crippen LogP contribution in [0.3, 0.4) is 0 Å². The third-order valence-electron chi connectivity index (χ3n) is 4.39. The van der Waals surface area contributed by atoms with Crippen molar-refractivity contribution in [2.75, 3.05) is 5.73 Å². The third-order valence-corrected chi connectivity index (χ3v) is 4.39. The van der Waals surface area contributed by atoms with Crippen molar-refractivity contribution in [2.24, 2.45) is 5.73 Å². The van der Waals surface area contributed by atoms with E-state index in [9.17, 15) is 13.6 Å². The summed E-state index contributed by atoms with van der Waals surface area (Å²) in [6.07, 6.45) is 1.32. The summed E-state index contributed by atoms with van der Waals surface area (Å²) < 4.78 is 29.5. The van der Waals surface area contributed by atoms with Gasteiger partial charge in [-0.2, -0.15) is 10.2 Å². The quantitative estimate of drug-likeness (QED) is 0.557. The van der Waals surface area contributed by atoms with Gasteiger partial charge in [0.25, 0.3) is 5.91 Å². The maximum absolute atomic E-state index is 14.6. The Morgan fingerprint density at radius 1 is 1.10 bits per heavy atom. The van der Waals surface area contributed by atoms with Gasteiger partial charge in [-0.3, -0.25) is 9.20 Å². The summed E-state index contributed by atoms with van der Waals surface area (Å²) in [6.45, 7) is 0. The maximum Gasteiger partial charge on any atom is 0.253 e. The highest BCUT2D eigenvalue weighted by Gasteiger charge is 2.22. The van der Waals surface area contributed by atoms with Gasteiger partial charge in [0.1, 0.15) is 17.5 Å². The molecule has 2 aromatic heterocycles. The van der Waals surface area contributed by atoms with Gasteiger partial charge in [0.2, 0.25) is 5.78 Å². The molecular weight excluding hydrogens is 378 g/mol. The van der Waals surface area contributed by atoms with Gasteiger partial charge in [0.05, 0.1) is 28.6 Å². The van der Waals surface area contributed by atoms with Gasteiger partial charge in [0, 0.05) is 23.4 Å². The van der Waals surface area contributed by atoms with Crippen LogP contribution in [-0.4, -0.2) is 20.3 Å². The van der Waals surface area contributed by atoms with Gasteiger partial charge in [-0.15, -0.1) is 0 Å². The molecule has 0 atom stereocenters. The number of hydrogen-bond donors (Lipinski definition) is 2. The van der Waals surface area contributed by atoms with E-state index in [-0.39, 0.29) is 28.4 Å². The fourth-order valence-electron chi connectivity index (χ4n) is 3.02. The molecule has 142 valence electrons. The summed E-state index contributed by atoms with van der Waals surface area (Å²) in [6, 6.07) is 11.6. The van der Waals surface area contributed by atoms with E-state index < -0.39 is 17.5 Å². The standard InChI is InChI=1S/C20H12F2N6O/c21-12-5-6-13(15(22)7-12)17-16(11-3-1-10(8-23)2-4-11)26-20-27-18(24)14(19(25)29)9-28(17)20/h1-7,9H,(H2,25,29)(H2,24,26,27). The molecule has 0 bridgehead atoms. The van der Waals surface area contributed by atoms with Crippen molar-refractivity contribution >= 4 is 17.5 Å². The lowest BCUT2D eigenvalue weighted by molar-refractivity contribution is 0.100. The van der Waals surface area contributed by atoms with E-state index >= 15 is 0 Å². The number of hydrogen-bond acceptors (Lipinski definition) is 5. The van der Waals surface area contributed by atoms with E-state index in [2.05, 4.69) is 9.97 Å². The average molecular weight is 390 g/mol. The van der Waals surface area contributed by atoms with Crippen molar-refractivity contribution in [2.45, 2.75) is 0 Å². The smallest absolute Gasteiger partial charge is 0.253 e. The highest BCUT2D eigenvalue weighted by Crippen LogP contribution is 2.34. The molecule has 2 aromatic carbocycles. The van der Waals surface area contributed by atoms with Gasteiger partial charge in [-0.1, -0.05) is 12.1 Å². The Hall–Kier alpha value is -4.32. The minimum absolute atomic E-state index is 0.0419. The van der Waals surface area contributed by atoms with Crippen molar-refractivity contribution in [1.29, 1.82) is 5.26 Å². The third kappa shape index (κ3) is 3.02. The Morgan fingerprint density at radius 3 is 2.45 bits per heavy atom. The lowest BCUT2D eigenvalue weighted by atomic mass is 10.0. The molecule has 4 aromatic rings. The molecular formula is C20H12F2N6O. The van der Waals surface area contributed by atoms with Crippen LogP contribution in [0.2, 0.25) is 0 Å². The monoisotopic (exact) mass is 390 g/mol. The highest BCUT2D eigenvalue weighted by molar-refractivity contribution is 5.97. The Bertz CT molecular complexity index is 1320. The van der Waals surface area contributed by atoms with Gasteiger partial charge in [0.15, 0.2) is 0 Å². The number of imidazole rings is 1. The lowest BCUT2D eigenvalue weighted by Gasteiger charge is -2.08. The highest BCUT2D eigenvalue weighted by atomic mass is 19.1. The molecule has 4 rings (SSSR count). The van der Waals surface area contributed by atoms with Gasteiger partial charge in [-0.25, -0.2) is 13.8 Å². The first-order valence-corrected chi connectivity index (χ1v) is 8.33. The van der Waals surface area contributed by atoms with E-state index in [1.807, 2.05) is 6.07 Å². The van der Waals surface area contributed by atoms with Crippen LogP contribution in [0.1, 0.15) is 15.9 Å². The second-order valence-electron chi connectivity index (χ2n) is 6.20. The number of nitriles is 1. The molecule has 9 heteroatoms. The van der Waals surface area contributed by atoms with E-state index in [1.165, 1.54) is 16.7 Å². The van der Waals surface area contributed by atoms with Gasteiger partial charge >= 0.3 is 0 Å². The van der Waals surface area contributed by atoms with Gasteiger partial charge < -0.3 is 11.5 Å². The predicted molar refractivity (Wildman–Crippen MR) is 101 cm³/mol. The summed E-state index contributed by atoms with van der Waals surface area (Å²) >= 11 is 0. The number of nitrogens with two attached hydrogens (primary N) is 2. The first kappa shape index (κ1) is 18.1. The number of amides is 1. The van der Waals surface area contributed by atoms with Crippen LogP contribution in [0.25, 0.3) is 28.3 Å². The minimum atomic E-state index is -0.820. The van der Waals surface area contributed by atoms with Crippen LogP contribution >= 0.6 is 0 Å². The molecule has 0 fully saturated rings. The van der Waals surface area contributed by atoms with Crippen LogP contribution < -0.4 is 11.5 Å². The van der Waals surface area contributed by atoms with Crippen LogP contribution in [0, 0.1) is 23.0 Å². The molecule has 0 saturated carbocycles. The molecule has 29 heavy (non-hydrogen) atoms. The van der Waals surface area contributed by atoms with Crippen molar-refractivity contribution < 1.29 is 13.6 Å². The van der Waals surface area contributed by atoms with E-state index in [4.69, 9.17) is 16.7 Å². The maximum atomic E-state index is 14.6. The summed E-state index contributed by atoms with van der Waals surface area (Å²) in [5, 5.41) is 9.00. The fourth-order valence-corrected chi connectivity index (χ4v) is 3.02. The minimum Gasteiger partial charge on any atom is -0.383 e. The molecule has 0 spiro atoms. The number of fused-ring (bicyclic) bond motifs is 1. The van der Waals surface area contributed by atoms with Crippen molar-refractivity contribution in [1.82, 2.24) is 14.4 Å². The number of halogens is 2. The number of primary amides is 1. The van der Waals surface area contributed by atoms with Crippen LogP contribution in [-0.2, 0) is 0 Å². The summed E-state index contributed by atoms with van der Waals surface area (Å²) in [4.78, 5) is 20.2. The number of nitrogen functional groups attached to an aromatic ring is 1. The normalized spacial score (nSPS) is 10.8. The number of aromatic nitrogens is 3. The number of benzene rings is 2. The fraction of sp³-hybridized carbons (Fsp3) is 0. The number of rotatable bonds is 3. The number of carbonyl (C=O) groups is 1. The number of anilines is 1. The van der Waals surface area contributed by atoms with Crippen LogP contribution in [0.5, 0.6) is 0 Å². The molecule has 1 amide bonds. The molecule has 7 nitrogen and oxygen atoms in total. The molecule has 0 saturated heterocycles. The molecule has 0 aliphatic carbocycles. The molecule has 0 aliphatic heterocycles. The first-order chi connectivity index (χ1) is 13.9. The molecule has 0 radical (unpaired) electrons. The Balaban J connectivity index is 2.08. The van der Waals surface area contributed by atoms with Crippen LogP contribution in [0.15, 0.2) is 48.7 Å². The molecule has 0 unspecified atom stereocenters. The summed E-state index contributed by atoms with van der Waals surface area (Å²) in [7, 11) is 0. The Morgan fingerprint density at radius 2 is 1.83 bits per heavy atom. The molecule has 2 heterocycles. The Labute approximate surface area is 162 Å². The lowest BCUT2D eigenvalue weighted by Crippen LogP contribution is -2.16. The zero-order valence-corrected chi connectivity index (χ0v) is 14.7. The van der Waals surface area contributed by atoms with Crippen LogP contribution in [0.4, 0.5) is 14.6 Å². The largest absolute Gasteiger partial charge is 0.383 e. The summed E-state index contributed by atoms with van der Waals surface area (Å²) in [5.41, 5.74) is 12.7. The van der Waals surface area contributed by atoms with Crippen molar-refractivity contribution in [3.63, 3.8) is 0 Å². The SMILES string of the molecule is N#Cc1ccc(-c2nc3nc(N)c(C(N)=O)cn3c2-c2ccc(F)cc2F)cc1. The number of nitrogens with zero attached hydrogens (tertiary/aromatic N) is 4. The summed E-state index contributed by atoms with van der Waals surface area (Å²) in [5.74, 6) is -2.38. The second kappa shape index (κ2) is 6.69. The van der Waals surface area contributed by atoms with E-state index in [0.29, 0.717) is 16.8 Å². The molecule has 0 aliphatic rings. The van der Waals surface area contributed by atoms with Crippen molar-refractivity contribution in [3.05, 3.63) is 71.4 Å². The topological polar surface area (TPSA) is 123 Å². The number of carbonyl (C=O) groups excluding carboxylic acids is 1. The van der Waals surface area contributed by atoms with Crippen molar-refractivity contribution in [3.8, 4) is 28.6 Å². The zero-order valence-electron chi connectivity index (χ0n) is 14.7. The average Bonchev–Trinajstić information content (AvgIpc) is 3.05.